The lowest BCUT2D eigenvalue weighted by Gasteiger charge is -2.18. The van der Waals surface area contributed by atoms with Gasteiger partial charge in [0.1, 0.15) is 0 Å². The molecule has 7 nitrogen and oxygen atoms in total. The summed E-state index contributed by atoms with van der Waals surface area (Å²) in [4.78, 5) is 11.9. The maximum atomic E-state index is 13.0. The van der Waals surface area contributed by atoms with E-state index in [9.17, 15) is 13.2 Å². The van der Waals surface area contributed by atoms with Crippen molar-refractivity contribution in [1.82, 2.24) is 14.1 Å². The van der Waals surface area contributed by atoms with Crippen molar-refractivity contribution >= 4 is 16.0 Å². The summed E-state index contributed by atoms with van der Waals surface area (Å²) >= 11 is 0. The topological polar surface area (TPSA) is 81.5 Å². The zero-order valence-corrected chi connectivity index (χ0v) is 18.3. The summed E-state index contributed by atoms with van der Waals surface area (Å²) in [5, 5.41) is 4.58. The van der Waals surface area contributed by atoms with Crippen LogP contribution in [0.4, 0.5) is 0 Å². The molecule has 1 heterocycles. The van der Waals surface area contributed by atoms with Gasteiger partial charge in [0.15, 0.2) is 0 Å². The van der Waals surface area contributed by atoms with Gasteiger partial charge >= 0.3 is 5.97 Å². The standard InChI is InChI=1S/C22H25N3O4S/c1-5-29-22(26)18-11-13-20(14-12-18)30(27,28)24(4)15-21-16(2)23-25(17(21)3)19-9-7-6-8-10-19/h6-14H,5,15H2,1-4H3. The lowest BCUT2D eigenvalue weighted by atomic mass is 10.2. The smallest absolute Gasteiger partial charge is 0.338 e. The number of nitrogens with zero attached hydrogens (tertiary/aromatic N) is 3. The minimum atomic E-state index is -3.74. The van der Waals surface area contributed by atoms with Crippen LogP contribution in [0.3, 0.4) is 0 Å². The fourth-order valence-electron chi connectivity index (χ4n) is 3.19. The van der Waals surface area contributed by atoms with E-state index in [0.717, 1.165) is 22.6 Å². The van der Waals surface area contributed by atoms with Gasteiger partial charge in [-0.05, 0) is 57.2 Å². The number of benzene rings is 2. The maximum absolute atomic E-state index is 13.0. The van der Waals surface area contributed by atoms with Gasteiger partial charge in [-0.2, -0.15) is 9.40 Å². The van der Waals surface area contributed by atoms with Crippen molar-refractivity contribution in [3.8, 4) is 5.69 Å². The van der Waals surface area contributed by atoms with Crippen LogP contribution < -0.4 is 0 Å². The van der Waals surface area contributed by atoms with Gasteiger partial charge in [0, 0.05) is 24.8 Å². The zero-order valence-electron chi connectivity index (χ0n) is 17.5. The van der Waals surface area contributed by atoms with Crippen LogP contribution in [0.1, 0.15) is 34.2 Å². The Morgan fingerprint density at radius 3 is 2.30 bits per heavy atom. The SMILES string of the molecule is CCOC(=O)c1ccc(S(=O)(=O)N(C)Cc2c(C)nn(-c3ccccc3)c2C)cc1. The largest absolute Gasteiger partial charge is 0.462 e. The van der Waals surface area contributed by atoms with Crippen molar-refractivity contribution in [3.05, 3.63) is 77.1 Å². The molecule has 0 unspecified atom stereocenters. The molecule has 1 aromatic heterocycles. The first-order valence-electron chi connectivity index (χ1n) is 9.59. The normalized spacial score (nSPS) is 11.6. The first-order chi connectivity index (χ1) is 14.3. The van der Waals surface area contributed by atoms with Crippen molar-refractivity contribution in [3.63, 3.8) is 0 Å². The van der Waals surface area contributed by atoms with Crippen molar-refractivity contribution in [2.45, 2.75) is 32.2 Å². The Morgan fingerprint density at radius 1 is 1.07 bits per heavy atom. The molecule has 0 spiro atoms. The number of hydrogen-bond acceptors (Lipinski definition) is 5. The van der Waals surface area contributed by atoms with Crippen LogP contribution in [-0.4, -0.2) is 42.1 Å². The first kappa shape index (κ1) is 21.7. The molecule has 0 N–H and O–H groups in total. The quantitative estimate of drug-likeness (QED) is 0.539. The zero-order chi connectivity index (χ0) is 21.9. The van der Waals surface area contributed by atoms with Crippen LogP contribution in [-0.2, 0) is 21.3 Å². The van der Waals surface area contributed by atoms with E-state index in [1.54, 1.807) is 6.92 Å². The van der Waals surface area contributed by atoms with Crippen molar-refractivity contribution < 1.29 is 17.9 Å². The Balaban J connectivity index is 1.84. The highest BCUT2D eigenvalue weighted by Crippen LogP contribution is 2.23. The molecule has 3 rings (SSSR count). The Morgan fingerprint density at radius 2 is 1.70 bits per heavy atom. The van der Waals surface area contributed by atoms with E-state index in [2.05, 4.69) is 5.10 Å². The van der Waals surface area contributed by atoms with Gasteiger partial charge in [0.05, 0.1) is 28.4 Å². The van der Waals surface area contributed by atoms with E-state index >= 15 is 0 Å². The Bertz CT molecular complexity index is 1140. The molecule has 0 saturated heterocycles. The van der Waals surface area contributed by atoms with Crippen molar-refractivity contribution in [2.75, 3.05) is 13.7 Å². The minimum absolute atomic E-state index is 0.115. The van der Waals surface area contributed by atoms with E-state index in [0.29, 0.717) is 5.56 Å². The first-order valence-corrected chi connectivity index (χ1v) is 11.0. The second kappa shape index (κ2) is 8.81. The van der Waals surface area contributed by atoms with Crippen LogP contribution in [0.25, 0.3) is 5.69 Å². The van der Waals surface area contributed by atoms with Crippen molar-refractivity contribution in [2.24, 2.45) is 0 Å². The molecular weight excluding hydrogens is 402 g/mol. The number of sulfonamides is 1. The van der Waals surface area contributed by atoms with Crippen molar-refractivity contribution in [1.29, 1.82) is 0 Å². The average molecular weight is 428 g/mol. The predicted octanol–water partition coefficient (Wildman–Crippen LogP) is 3.49. The van der Waals surface area contributed by atoms with E-state index in [4.69, 9.17) is 4.74 Å². The second-order valence-electron chi connectivity index (χ2n) is 6.90. The van der Waals surface area contributed by atoms with Gasteiger partial charge in [0.2, 0.25) is 10.0 Å². The molecule has 0 bridgehead atoms. The van der Waals surface area contributed by atoms with Crippen LogP contribution in [0.5, 0.6) is 0 Å². The highest BCUT2D eigenvalue weighted by Gasteiger charge is 2.24. The van der Waals surface area contributed by atoms with Gasteiger partial charge in [0.25, 0.3) is 0 Å². The van der Waals surface area contributed by atoms with Crippen LogP contribution >= 0.6 is 0 Å². The third-order valence-electron chi connectivity index (χ3n) is 4.90. The molecule has 0 saturated carbocycles. The lowest BCUT2D eigenvalue weighted by Crippen LogP contribution is -2.27. The van der Waals surface area contributed by atoms with Gasteiger partial charge in [-0.15, -0.1) is 0 Å². The van der Waals surface area contributed by atoms with Crippen LogP contribution in [0, 0.1) is 13.8 Å². The number of carbonyl (C=O) groups is 1. The van der Waals surface area contributed by atoms with Crippen LogP contribution in [0.15, 0.2) is 59.5 Å². The Labute approximate surface area is 177 Å². The molecule has 158 valence electrons. The van der Waals surface area contributed by atoms with Gasteiger partial charge < -0.3 is 4.74 Å². The number of rotatable bonds is 7. The Hall–Kier alpha value is -2.97. The number of ether oxygens (including phenoxy) is 1. The lowest BCUT2D eigenvalue weighted by molar-refractivity contribution is 0.0526. The second-order valence-corrected chi connectivity index (χ2v) is 8.95. The molecule has 0 radical (unpaired) electrons. The number of aromatic nitrogens is 2. The average Bonchev–Trinajstić information content (AvgIpc) is 3.03. The number of hydrogen-bond donors (Lipinski definition) is 0. The summed E-state index contributed by atoms with van der Waals surface area (Å²) in [6.07, 6.45) is 0. The molecule has 0 amide bonds. The summed E-state index contributed by atoms with van der Waals surface area (Å²) in [7, 11) is -2.20. The summed E-state index contributed by atoms with van der Waals surface area (Å²) in [6.45, 7) is 5.96. The van der Waals surface area contributed by atoms with Gasteiger partial charge in [-0.25, -0.2) is 17.9 Å². The maximum Gasteiger partial charge on any atom is 0.338 e. The summed E-state index contributed by atoms with van der Waals surface area (Å²) in [5.74, 6) is -0.477. The summed E-state index contributed by atoms with van der Waals surface area (Å²) in [6, 6.07) is 15.5. The van der Waals surface area contributed by atoms with E-state index < -0.39 is 16.0 Å². The van der Waals surface area contributed by atoms with Gasteiger partial charge in [-0.1, -0.05) is 18.2 Å². The molecular formula is C22H25N3O4S. The third kappa shape index (κ3) is 4.29. The molecule has 2 aromatic carbocycles. The number of esters is 1. The molecule has 0 fully saturated rings. The molecule has 8 heteroatoms. The summed E-state index contributed by atoms with van der Waals surface area (Å²) < 4.78 is 34.1. The predicted molar refractivity (Wildman–Crippen MR) is 114 cm³/mol. The molecule has 0 aliphatic rings. The third-order valence-corrected chi connectivity index (χ3v) is 6.71. The number of carbonyl (C=O) groups excluding carboxylic acids is 1. The van der Waals surface area contributed by atoms with Gasteiger partial charge in [-0.3, -0.25) is 0 Å². The molecule has 0 aliphatic heterocycles. The molecule has 30 heavy (non-hydrogen) atoms. The number of para-hydroxylation sites is 1. The number of aryl methyl sites for hydroxylation is 1. The van der Waals surface area contributed by atoms with E-state index in [1.807, 2.05) is 48.9 Å². The summed E-state index contributed by atoms with van der Waals surface area (Å²) in [5.41, 5.74) is 3.75. The fourth-order valence-corrected chi connectivity index (χ4v) is 4.33. The fraction of sp³-hybridized carbons (Fsp3) is 0.273. The highest BCUT2D eigenvalue weighted by molar-refractivity contribution is 7.89. The molecule has 0 atom stereocenters. The Kier molecular flexibility index (Phi) is 6.38. The monoisotopic (exact) mass is 427 g/mol. The van der Waals surface area contributed by atoms with E-state index in [-0.39, 0.29) is 18.0 Å². The molecule has 0 aliphatic carbocycles. The minimum Gasteiger partial charge on any atom is -0.462 e. The van der Waals surface area contributed by atoms with E-state index in [1.165, 1.54) is 35.6 Å². The van der Waals surface area contributed by atoms with Crippen LogP contribution in [0.2, 0.25) is 0 Å². The highest BCUT2D eigenvalue weighted by atomic mass is 32.2. The molecule has 3 aromatic rings.